The minimum atomic E-state index is -2.74. The fraction of sp³-hybridized carbons (Fsp3) is 0.333. The van der Waals surface area contributed by atoms with Gasteiger partial charge in [-0.05, 0) is 57.3 Å². The molecule has 6 rings (SSSR count). The van der Waals surface area contributed by atoms with E-state index in [4.69, 9.17) is 13.9 Å². The molecular weight excluding hydrogens is 633 g/mol. The van der Waals surface area contributed by atoms with Crippen LogP contribution < -0.4 is 10.4 Å². The van der Waals surface area contributed by atoms with E-state index in [-0.39, 0.29) is 24.4 Å². The van der Waals surface area contributed by atoms with Gasteiger partial charge in [0.2, 0.25) is 0 Å². The predicted molar refractivity (Wildman–Crippen MR) is 206 cm³/mol. The summed E-state index contributed by atoms with van der Waals surface area (Å²) in [6.07, 6.45) is 3.39. The van der Waals surface area contributed by atoms with Crippen molar-refractivity contribution in [3.63, 3.8) is 0 Å². The van der Waals surface area contributed by atoms with Gasteiger partial charge in [0.05, 0.1) is 32.0 Å². The summed E-state index contributed by atoms with van der Waals surface area (Å²) in [7, 11) is -2.74. The fourth-order valence-corrected chi connectivity index (χ4v) is 12.4. The Kier molecular flexibility index (Phi) is 11.8. The number of aliphatic hydroxyl groups is 1. The molecule has 0 heterocycles. The predicted octanol–water partition coefficient (Wildman–Crippen LogP) is 8.51. The Labute approximate surface area is 300 Å². The Bertz CT molecular complexity index is 1570. The Morgan fingerprint density at radius 3 is 1.50 bits per heavy atom. The molecule has 0 unspecified atom stereocenters. The molecule has 0 bridgehead atoms. The van der Waals surface area contributed by atoms with Crippen LogP contribution in [-0.2, 0) is 19.5 Å². The molecule has 0 aliphatic heterocycles. The second-order valence-electron chi connectivity index (χ2n) is 14.7. The van der Waals surface area contributed by atoms with Crippen LogP contribution in [0, 0.1) is 5.92 Å². The second-order valence-corrected chi connectivity index (χ2v) is 19.0. The summed E-state index contributed by atoms with van der Waals surface area (Å²) in [5.41, 5.74) is 2.62. The first-order valence-electron chi connectivity index (χ1n) is 18.2. The van der Waals surface area contributed by atoms with Crippen LogP contribution in [0.25, 0.3) is 0 Å². The van der Waals surface area contributed by atoms with Gasteiger partial charge in [0.25, 0.3) is 8.32 Å². The van der Waals surface area contributed by atoms with Gasteiger partial charge in [-0.1, -0.05) is 179 Å². The maximum absolute atomic E-state index is 11.3. The summed E-state index contributed by atoms with van der Waals surface area (Å²) in [6.45, 7) is 7.86. The third-order valence-corrected chi connectivity index (χ3v) is 15.2. The van der Waals surface area contributed by atoms with E-state index in [1.807, 2.05) is 12.1 Å². The summed E-state index contributed by atoms with van der Waals surface area (Å²) in [5, 5.41) is 13.6. The van der Waals surface area contributed by atoms with Crippen molar-refractivity contribution in [1.82, 2.24) is 0 Å². The van der Waals surface area contributed by atoms with Crippen LogP contribution in [0.5, 0.6) is 0 Å². The highest BCUT2D eigenvalue weighted by molar-refractivity contribution is 6.99. The molecule has 5 heteroatoms. The highest BCUT2D eigenvalue weighted by atomic mass is 28.4. The van der Waals surface area contributed by atoms with Crippen LogP contribution in [0.3, 0.4) is 0 Å². The van der Waals surface area contributed by atoms with Crippen molar-refractivity contribution in [1.29, 1.82) is 0 Å². The number of hydrogen-bond donors (Lipinski definition) is 1. The van der Waals surface area contributed by atoms with Crippen molar-refractivity contribution in [2.45, 2.75) is 69.3 Å². The quantitative estimate of drug-likeness (QED) is 0.0942. The Balaban J connectivity index is 1.13. The van der Waals surface area contributed by atoms with E-state index in [2.05, 4.69) is 160 Å². The molecule has 1 saturated carbocycles. The van der Waals surface area contributed by atoms with Crippen molar-refractivity contribution in [3.05, 3.63) is 168 Å². The highest BCUT2D eigenvalue weighted by Gasteiger charge is 2.50. The number of benzene rings is 5. The smallest absolute Gasteiger partial charge is 0.261 e. The molecule has 0 radical (unpaired) electrons. The van der Waals surface area contributed by atoms with Crippen LogP contribution in [0.2, 0.25) is 5.04 Å². The van der Waals surface area contributed by atoms with Crippen LogP contribution in [-0.4, -0.2) is 45.5 Å². The van der Waals surface area contributed by atoms with Gasteiger partial charge >= 0.3 is 0 Å². The van der Waals surface area contributed by atoms with E-state index in [0.717, 1.165) is 42.4 Å². The van der Waals surface area contributed by atoms with Crippen LogP contribution >= 0.6 is 0 Å². The molecule has 1 fully saturated rings. The van der Waals surface area contributed by atoms with Gasteiger partial charge in [-0.3, -0.25) is 0 Å². The van der Waals surface area contributed by atoms with E-state index < -0.39 is 20.0 Å². The van der Waals surface area contributed by atoms with Crippen molar-refractivity contribution >= 4 is 18.7 Å². The summed E-state index contributed by atoms with van der Waals surface area (Å²) in [4.78, 5) is 0. The van der Waals surface area contributed by atoms with Gasteiger partial charge in [-0.25, -0.2) is 0 Å². The number of ether oxygens (including phenoxy) is 2. The third-order valence-electron chi connectivity index (χ3n) is 10.2. The fourth-order valence-electron chi connectivity index (χ4n) is 7.83. The van der Waals surface area contributed by atoms with Crippen molar-refractivity contribution in [2.75, 3.05) is 19.8 Å². The van der Waals surface area contributed by atoms with Gasteiger partial charge in [0, 0.05) is 0 Å². The maximum Gasteiger partial charge on any atom is 0.261 e. The average Bonchev–Trinajstić information content (AvgIpc) is 3.16. The molecule has 4 nitrogen and oxygen atoms in total. The molecule has 1 N–H and O–H groups in total. The summed E-state index contributed by atoms with van der Waals surface area (Å²) < 4.78 is 20.6. The van der Waals surface area contributed by atoms with Crippen LogP contribution in [0.1, 0.15) is 63.1 Å². The standard InChI is InChI=1S/C45H52O4Si/c1-44(2,3)50(42-28-15-7-16-29-42,43-30-17-8-18-31-43)49-35-40(46)34-47-41-27-19-20-36(32-41)33-48-45(37-21-9-4-10-22-37,38-23-11-5-12-24-38)39-25-13-6-14-26-39/h4-18,21-26,28-31,36,40-41,46H,19-20,27,32-35H2,1-3H3/t36-,40+,41+/m0/s1. The molecule has 50 heavy (non-hydrogen) atoms. The summed E-state index contributed by atoms with van der Waals surface area (Å²) >= 11 is 0. The zero-order valence-electron chi connectivity index (χ0n) is 29.8. The summed E-state index contributed by atoms with van der Waals surface area (Å²) in [6, 6.07) is 52.9. The molecule has 1 aliphatic rings. The number of aliphatic hydroxyl groups excluding tert-OH is 1. The lowest BCUT2D eigenvalue weighted by molar-refractivity contribution is -0.0646. The van der Waals surface area contributed by atoms with E-state index in [9.17, 15) is 5.11 Å². The molecular formula is C45H52O4Si. The SMILES string of the molecule is CC(C)(C)[Si](OC[C@H](O)CO[C@@H]1CCC[C@H](COC(c2ccccc2)(c2ccccc2)c2ccccc2)C1)(c1ccccc1)c1ccccc1. The molecule has 260 valence electrons. The van der Waals surface area contributed by atoms with Gasteiger partial charge in [-0.2, -0.15) is 0 Å². The van der Waals surface area contributed by atoms with E-state index in [0.29, 0.717) is 12.5 Å². The van der Waals surface area contributed by atoms with Gasteiger partial charge < -0.3 is 19.0 Å². The molecule has 0 amide bonds. The first-order chi connectivity index (χ1) is 24.3. The topological polar surface area (TPSA) is 47.9 Å². The average molecular weight is 685 g/mol. The van der Waals surface area contributed by atoms with Crippen molar-refractivity contribution in [3.8, 4) is 0 Å². The Morgan fingerprint density at radius 2 is 1.06 bits per heavy atom. The molecule has 5 aromatic carbocycles. The zero-order valence-corrected chi connectivity index (χ0v) is 30.8. The molecule has 0 spiro atoms. The maximum atomic E-state index is 11.3. The Morgan fingerprint density at radius 1 is 0.620 bits per heavy atom. The minimum absolute atomic E-state index is 0.0689. The number of hydrogen-bond acceptors (Lipinski definition) is 4. The van der Waals surface area contributed by atoms with E-state index >= 15 is 0 Å². The van der Waals surface area contributed by atoms with E-state index in [1.54, 1.807) is 0 Å². The minimum Gasteiger partial charge on any atom is -0.405 e. The first-order valence-corrected chi connectivity index (χ1v) is 20.1. The Hall–Kier alpha value is -3.84. The van der Waals surface area contributed by atoms with E-state index in [1.165, 1.54) is 10.4 Å². The number of rotatable bonds is 14. The van der Waals surface area contributed by atoms with Gasteiger partial charge in [0.1, 0.15) is 5.60 Å². The van der Waals surface area contributed by atoms with Crippen molar-refractivity contribution < 1.29 is 19.0 Å². The molecule has 0 saturated heterocycles. The van der Waals surface area contributed by atoms with Crippen LogP contribution in [0.15, 0.2) is 152 Å². The lowest BCUT2D eigenvalue weighted by atomic mass is 9.79. The monoisotopic (exact) mass is 684 g/mol. The summed E-state index contributed by atoms with van der Waals surface area (Å²) in [5.74, 6) is 0.342. The molecule has 1 aliphatic carbocycles. The van der Waals surface area contributed by atoms with Gasteiger partial charge in [0.15, 0.2) is 0 Å². The zero-order chi connectivity index (χ0) is 34.9. The lowest BCUT2D eigenvalue weighted by Crippen LogP contribution is -2.67. The second kappa shape index (κ2) is 16.5. The molecule has 0 aromatic heterocycles. The van der Waals surface area contributed by atoms with Crippen molar-refractivity contribution in [2.24, 2.45) is 5.92 Å². The molecule has 3 atom stereocenters. The van der Waals surface area contributed by atoms with Gasteiger partial charge in [-0.15, -0.1) is 0 Å². The largest absolute Gasteiger partial charge is 0.405 e. The third kappa shape index (κ3) is 7.88. The lowest BCUT2D eigenvalue weighted by Gasteiger charge is -2.43. The molecule has 5 aromatic rings. The normalized spacial score (nSPS) is 17.7. The van der Waals surface area contributed by atoms with Crippen LogP contribution in [0.4, 0.5) is 0 Å². The highest BCUT2D eigenvalue weighted by Crippen LogP contribution is 2.42. The first kappa shape index (κ1) is 36.0.